The Labute approximate surface area is 98.7 Å². The SMILES string of the molecule is Oc1ccc(Nc2c[nH]c3ccccc23)cc1. The number of H-pyrrole nitrogens is 1. The summed E-state index contributed by atoms with van der Waals surface area (Å²) in [7, 11) is 0. The second-order valence-electron chi connectivity index (χ2n) is 3.92. The summed E-state index contributed by atoms with van der Waals surface area (Å²) in [5.41, 5.74) is 3.09. The van der Waals surface area contributed by atoms with Crippen molar-refractivity contribution in [2.45, 2.75) is 0 Å². The van der Waals surface area contributed by atoms with Gasteiger partial charge in [0.25, 0.3) is 0 Å². The Kier molecular flexibility index (Phi) is 2.22. The van der Waals surface area contributed by atoms with E-state index >= 15 is 0 Å². The fourth-order valence-corrected chi connectivity index (χ4v) is 1.88. The van der Waals surface area contributed by atoms with Crippen LogP contribution in [0.3, 0.4) is 0 Å². The lowest BCUT2D eigenvalue weighted by atomic mass is 10.2. The maximum absolute atomic E-state index is 9.22. The smallest absolute Gasteiger partial charge is 0.115 e. The number of benzene rings is 2. The molecule has 1 heterocycles. The quantitative estimate of drug-likeness (QED) is 0.582. The first-order chi connectivity index (χ1) is 8.33. The van der Waals surface area contributed by atoms with E-state index in [0.717, 1.165) is 22.3 Å². The monoisotopic (exact) mass is 224 g/mol. The van der Waals surface area contributed by atoms with Crippen LogP contribution in [-0.4, -0.2) is 10.1 Å². The molecule has 0 bridgehead atoms. The van der Waals surface area contributed by atoms with E-state index in [-0.39, 0.29) is 5.75 Å². The van der Waals surface area contributed by atoms with Crippen molar-refractivity contribution in [3.63, 3.8) is 0 Å². The Bertz CT molecular complexity index is 641. The first-order valence-electron chi connectivity index (χ1n) is 5.45. The van der Waals surface area contributed by atoms with Gasteiger partial charge in [-0.25, -0.2) is 0 Å². The highest BCUT2D eigenvalue weighted by Crippen LogP contribution is 2.26. The highest BCUT2D eigenvalue weighted by atomic mass is 16.3. The molecule has 84 valence electrons. The summed E-state index contributed by atoms with van der Waals surface area (Å²) in [6.07, 6.45) is 1.94. The molecule has 0 saturated carbocycles. The summed E-state index contributed by atoms with van der Waals surface area (Å²) in [6.45, 7) is 0. The number of aromatic nitrogens is 1. The number of phenols is 1. The van der Waals surface area contributed by atoms with Crippen LogP contribution in [0.5, 0.6) is 5.75 Å². The second-order valence-corrected chi connectivity index (χ2v) is 3.92. The van der Waals surface area contributed by atoms with Gasteiger partial charge in [-0.15, -0.1) is 0 Å². The molecule has 0 atom stereocenters. The molecule has 0 spiro atoms. The van der Waals surface area contributed by atoms with Crippen molar-refractivity contribution in [2.75, 3.05) is 5.32 Å². The molecule has 0 radical (unpaired) electrons. The molecule has 3 nitrogen and oxygen atoms in total. The zero-order chi connectivity index (χ0) is 11.7. The fraction of sp³-hybridized carbons (Fsp3) is 0. The minimum Gasteiger partial charge on any atom is -0.508 e. The van der Waals surface area contributed by atoms with E-state index in [2.05, 4.69) is 16.4 Å². The lowest BCUT2D eigenvalue weighted by molar-refractivity contribution is 0.475. The molecule has 0 aliphatic heterocycles. The van der Waals surface area contributed by atoms with Gasteiger partial charge in [-0.2, -0.15) is 0 Å². The molecule has 3 heteroatoms. The van der Waals surface area contributed by atoms with Crippen LogP contribution < -0.4 is 5.32 Å². The van der Waals surface area contributed by atoms with E-state index in [1.165, 1.54) is 0 Å². The van der Waals surface area contributed by atoms with Crippen molar-refractivity contribution in [3.8, 4) is 5.75 Å². The first kappa shape index (κ1) is 9.78. The topological polar surface area (TPSA) is 48.0 Å². The summed E-state index contributed by atoms with van der Waals surface area (Å²) in [5, 5.41) is 13.7. The molecule has 0 unspecified atom stereocenters. The normalized spacial score (nSPS) is 10.6. The van der Waals surface area contributed by atoms with Crippen LogP contribution >= 0.6 is 0 Å². The predicted molar refractivity (Wildman–Crippen MR) is 69.7 cm³/mol. The number of fused-ring (bicyclic) bond motifs is 1. The van der Waals surface area contributed by atoms with E-state index in [9.17, 15) is 5.11 Å². The van der Waals surface area contributed by atoms with Gasteiger partial charge in [-0.05, 0) is 30.3 Å². The Morgan fingerprint density at radius 3 is 2.53 bits per heavy atom. The van der Waals surface area contributed by atoms with Crippen molar-refractivity contribution in [3.05, 3.63) is 54.7 Å². The van der Waals surface area contributed by atoms with Gasteiger partial charge in [0.05, 0.1) is 5.69 Å². The minimum atomic E-state index is 0.273. The molecule has 3 aromatic rings. The zero-order valence-corrected chi connectivity index (χ0v) is 9.14. The van der Waals surface area contributed by atoms with Crippen LogP contribution in [0.2, 0.25) is 0 Å². The molecule has 2 aromatic carbocycles. The third-order valence-electron chi connectivity index (χ3n) is 2.74. The van der Waals surface area contributed by atoms with Gasteiger partial charge < -0.3 is 15.4 Å². The number of aromatic hydroxyl groups is 1. The van der Waals surface area contributed by atoms with E-state index in [4.69, 9.17) is 0 Å². The molecule has 17 heavy (non-hydrogen) atoms. The number of nitrogens with one attached hydrogen (secondary N) is 2. The lowest BCUT2D eigenvalue weighted by Crippen LogP contribution is -1.87. The third-order valence-corrected chi connectivity index (χ3v) is 2.74. The number of hydrogen-bond acceptors (Lipinski definition) is 2. The molecule has 1 aromatic heterocycles. The van der Waals surface area contributed by atoms with Gasteiger partial charge in [-0.1, -0.05) is 18.2 Å². The van der Waals surface area contributed by atoms with Crippen LogP contribution in [0.15, 0.2) is 54.7 Å². The van der Waals surface area contributed by atoms with Crippen LogP contribution in [0.25, 0.3) is 10.9 Å². The maximum Gasteiger partial charge on any atom is 0.115 e. The average Bonchev–Trinajstić information content (AvgIpc) is 2.76. The lowest BCUT2D eigenvalue weighted by Gasteiger charge is -2.04. The van der Waals surface area contributed by atoms with Gasteiger partial charge >= 0.3 is 0 Å². The highest BCUT2D eigenvalue weighted by molar-refractivity contribution is 5.93. The molecule has 0 fully saturated rings. The van der Waals surface area contributed by atoms with Gasteiger partial charge in [0.1, 0.15) is 5.75 Å². The van der Waals surface area contributed by atoms with Crippen molar-refractivity contribution in [1.82, 2.24) is 4.98 Å². The van der Waals surface area contributed by atoms with Gasteiger partial charge in [-0.3, -0.25) is 0 Å². The molecule has 3 rings (SSSR count). The van der Waals surface area contributed by atoms with Crippen LogP contribution in [0, 0.1) is 0 Å². The number of aromatic amines is 1. The largest absolute Gasteiger partial charge is 0.508 e. The van der Waals surface area contributed by atoms with Crippen LogP contribution in [-0.2, 0) is 0 Å². The van der Waals surface area contributed by atoms with Crippen LogP contribution in [0.1, 0.15) is 0 Å². The molecule has 0 aliphatic rings. The summed E-state index contributed by atoms with van der Waals surface area (Å²) in [4.78, 5) is 3.21. The van der Waals surface area contributed by atoms with E-state index in [1.807, 2.05) is 36.5 Å². The fourth-order valence-electron chi connectivity index (χ4n) is 1.88. The van der Waals surface area contributed by atoms with E-state index in [0.29, 0.717) is 0 Å². The Hall–Kier alpha value is -2.42. The Morgan fingerprint density at radius 1 is 0.941 bits per heavy atom. The molecule has 3 N–H and O–H groups in total. The van der Waals surface area contributed by atoms with Gasteiger partial charge in [0.15, 0.2) is 0 Å². The number of hydrogen-bond donors (Lipinski definition) is 3. The summed E-state index contributed by atoms with van der Waals surface area (Å²) < 4.78 is 0. The highest BCUT2D eigenvalue weighted by Gasteiger charge is 2.02. The Balaban J connectivity index is 1.97. The number of para-hydroxylation sites is 1. The van der Waals surface area contributed by atoms with Crippen molar-refractivity contribution >= 4 is 22.3 Å². The summed E-state index contributed by atoms with van der Waals surface area (Å²) >= 11 is 0. The molecule has 0 amide bonds. The second kappa shape index (κ2) is 3.87. The first-order valence-corrected chi connectivity index (χ1v) is 5.45. The van der Waals surface area contributed by atoms with Crippen LogP contribution in [0.4, 0.5) is 11.4 Å². The third kappa shape index (κ3) is 1.83. The van der Waals surface area contributed by atoms with Gasteiger partial charge in [0, 0.05) is 22.8 Å². The predicted octanol–water partition coefficient (Wildman–Crippen LogP) is 3.62. The molecule has 0 aliphatic carbocycles. The van der Waals surface area contributed by atoms with Crippen molar-refractivity contribution in [2.24, 2.45) is 0 Å². The molecular formula is C14H12N2O. The van der Waals surface area contributed by atoms with Gasteiger partial charge in [0.2, 0.25) is 0 Å². The molecule has 0 saturated heterocycles. The standard InChI is InChI=1S/C14H12N2O/c17-11-7-5-10(6-8-11)16-14-9-15-13-4-2-1-3-12(13)14/h1-9,15-17H. The molecular weight excluding hydrogens is 212 g/mol. The average molecular weight is 224 g/mol. The maximum atomic E-state index is 9.22. The van der Waals surface area contributed by atoms with Crippen molar-refractivity contribution in [1.29, 1.82) is 0 Å². The Morgan fingerprint density at radius 2 is 1.71 bits per heavy atom. The minimum absolute atomic E-state index is 0.273. The summed E-state index contributed by atoms with van der Waals surface area (Å²) in [6, 6.07) is 15.1. The number of phenolic OH excluding ortho intramolecular Hbond substituents is 1. The number of rotatable bonds is 2. The van der Waals surface area contributed by atoms with E-state index in [1.54, 1.807) is 12.1 Å². The summed E-state index contributed by atoms with van der Waals surface area (Å²) in [5.74, 6) is 0.273. The van der Waals surface area contributed by atoms with Crippen molar-refractivity contribution < 1.29 is 5.11 Å². The zero-order valence-electron chi connectivity index (χ0n) is 9.14. The van der Waals surface area contributed by atoms with E-state index < -0.39 is 0 Å². The number of anilines is 2.